The highest BCUT2D eigenvalue weighted by Crippen LogP contribution is 2.29. The maximum atomic E-state index is 13.3. The number of rotatable bonds is 7. The number of non-ortho nitro benzene ring substituents is 1. The quantitative estimate of drug-likeness (QED) is 0.367. The van der Waals surface area contributed by atoms with Gasteiger partial charge in [-0.05, 0) is 35.9 Å². The largest absolute Gasteiger partial charge is 0.351 e. The summed E-state index contributed by atoms with van der Waals surface area (Å²) in [4.78, 5) is 23.7. The Bertz CT molecular complexity index is 1300. The van der Waals surface area contributed by atoms with Crippen LogP contribution in [0, 0.1) is 10.1 Å². The molecule has 0 bridgehead atoms. The molecule has 3 aromatic rings. The van der Waals surface area contributed by atoms with Gasteiger partial charge in [0.05, 0.1) is 11.5 Å². The van der Waals surface area contributed by atoms with Gasteiger partial charge in [-0.2, -0.15) is 22.1 Å². The van der Waals surface area contributed by atoms with E-state index in [2.05, 4.69) is 5.10 Å². The van der Waals surface area contributed by atoms with E-state index >= 15 is 0 Å². The van der Waals surface area contributed by atoms with Crippen molar-refractivity contribution in [2.24, 2.45) is 0 Å². The number of nitrogens with zero attached hydrogens (tertiary/aromatic N) is 6. The van der Waals surface area contributed by atoms with E-state index in [4.69, 9.17) is 0 Å². The first-order valence-corrected chi connectivity index (χ1v) is 12.6. The molecule has 0 radical (unpaired) electrons. The lowest BCUT2D eigenvalue weighted by molar-refractivity contribution is -0.384. The SMILES string of the molecule is CN(C)S(=O)(=O)N1CCCC(c2nn(Cc3ccc([N+](=O)[O-])cc3)c(=O)n2-c2cccs2)C1. The average molecular weight is 493 g/mol. The summed E-state index contributed by atoms with van der Waals surface area (Å²) >= 11 is 1.40. The van der Waals surface area contributed by atoms with Crippen molar-refractivity contribution in [3.63, 3.8) is 0 Å². The van der Waals surface area contributed by atoms with Crippen molar-refractivity contribution in [1.82, 2.24) is 23.0 Å². The third-order valence-electron chi connectivity index (χ3n) is 5.61. The molecule has 4 rings (SSSR count). The minimum absolute atomic E-state index is 0.0275. The number of nitro benzene ring substituents is 1. The van der Waals surface area contributed by atoms with Crippen LogP contribution in [0.4, 0.5) is 5.69 Å². The second kappa shape index (κ2) is 9.17. The number of hydrogen-bond acceptors (Lipinski definition) is 7. The Morgan fingerprint density at radius 3 is 2.58 bits per heavy atom. The third-order valence-corrected chi connectivity index (χ3v) is 8.37. The van der Waals surface area contributed by atoms with Crippen molar-refractivity contribution in [2.75, 3.05) is 27.2 Å². The van der Waals surface area contributed by atoms with Gasteiger partial charge in [-0.3, -0.25) is 10.1 Å². The zero-order valence-corrected chi connectivity index (χ0v) is 19.8. The number of benzene rings is 1. The summed E-state index contributed by atoms with van der Waals surface area (Å²) < 4.78 is 30.8. The van der Waals surface area contributed by atoms with E-state index in [-0.39, 0.29) is 30.4 Å². The number of nitro groups is 1. The minimum atomic E-state index is -3.58. The molecule has 0 N–H and O–H groups in total. The smallest absolute Gasteiger partial charge is 0.258 e. The first-order chi connectivity index (χ1) is 15.7. The van der Waals surface area contributed by atoms with Crippen LogP contribution in [0.15, 0.2) is 46.6 Å². The first kappa shape index (κ1) is 23.3. The lowest BCUT2D eigenvalue weighted by Gasteiger charge is -2.32. The predicted octanol–water partition coefficient (Wildman–Crippen LogP) is 2.04. The molecule has 0 saturated carbocycles. The van der Waals surface area contributed by atoms with Gasteiger partial charge in [0.1, 0.15) is 10.8 Å². The van der Waals surface area contributed by atoms with Crippen LogP contribution >= 0.6 is 11.3 Å². The van der Waals surface area contributed by atoms with Gasteiger partial charge in [0.2, 0.25) is 0 Å². The molecule has 1 atom stereocenters. The molecule has 1 aromatic carbocycles. The van der Waals surface area contributed by atoms with Crippen molar-refractivity contribution >= 4 is 27.2 Å². The van der Waals surface area contributed by atoms with E-state index in [1.54, 1.807) is 16.7 Å². The van der Waals surface area contributed by atoms with Gasteiger partial charge in [0.25, 0.3) is 15.9 Å². The fourth-order valence-electron chi connectivity index (χ4n) is 3.89. The monoisotopic (exact) mass is 492 g/mol. The minimum Gasteiger partial charge on any atom is -0.258 e. The maximum absolute atomic E-state index is 13.3. The van der Waals surface area contributed by atoms with Gasteiger partial charge in [0.15, 0.2) is 0 Å². The lowest BCUT2D eigenvalue weighted by Crippen LogP contribution is -2.45. The summed E-state index contributed by atoms with van der Waals surface area (Å²) in [6, 6.07) is 9.64. The van der Waals surface area contributed by atoms with Crippen LogP contribution in [0.3, 0.4) is 0 Å². The molecule has 11 nitrogen and oxygen atoms in total. The highest BCUT2D eigenvalue weighted by atomic mass is 32.2. The van der Waals surface area contributed by atoms with Crippen LogP contribution < -0.4 is 5.69 Å². The van der Waals surface area contributed by atoms with E-state index in [1.807, 2.05) is 17.5 Å². The van der Waals surface area contributed by atoms with Gasteiger partial charge < -0.3 is 0 Å². The number of piperidine rings is 1. The Balaban J connectivity index is 1.70. The standard InChI is InChI=1S/C20H24N6O5S2/c1-22(2)33(30,31)23-11-3-5-16(14-23)19-21-24(20(27)25(19)18-6-4-12-32-18)13-15-7-9-17(10-8-15)26(28)29/h4,6-10,12,16H,3,5,11,13-14H2,1-2H3. The Morgan fingerprint density at radius 1 is 1.24 bits per heavy atom. The summed E-state index contributed by atoms with van der Waals surface area (Å²) in [5.41, 5.74) is 0.337. The molecular formula is C20H24N6O5S2. The summed E-state index contributed by atoms with van der Waals surface area (Å²) in [5, 5.41) is 18.1. The molecule has 0 amide bonds. The molecule has 2 aromatic heterocycles. The lowest BCUT2D eigenvalue weighted by atomic mass is 9.99. The second-order valence-corrected chi connectivity index (χ2v) is 11.1. The van der Waals surface area contributed by atoms with Crippen molar-refractivity contribution in [3.05, 3.63) is 73.8 Å². The summed E-state index contributed by atoms with van der Waals surface area (Å²) in [6.45, 7) is 0.804. The Morgan fingerprint density at radius 2 is 1.97 bits per heavy atom. The number of thiophene rings is 1. The van der Waals surface area contributed by atoms with Crippen LogP contribution in [-0.2, 0) is 16.8 Å². The van der Waals surface area contributed by atoms with Crippen LogP contribution in [0.1, 0.15) is 30.1 Å². The van der Waals surface area contributed by atoms with Crippen LogP contribution in [0.5, 0.6) is 0 Å². The van der Waals surface area contributed by atoms with Gasteiger partial charge in [-0.25, -0.2) is 14.0 Å². The normalized spacial score (nSPS) is 17.5. The predicted molar refractivity (Wildman–Crippen MR) is 124 cm³/mol. The van der Waals surface area contributed by atoms with E-state index in [9.17, 15) is 23.3 Å². The van der Waals surface area contributed by atoms with Crippen molar-refractivity contribution in [1.29, 1.82) is 0 Å². The molecular weight excluding hydrogens is 468 g/mol. The van der Waals surface area contributed by atoms with Crippen LogP contribution in [-0.4, -0.2) is 63.5 Å². The van der Waals surface area contributed by atoms with Crippen molar-refractivity contribution in [2.45, 2.75) is 25.3 Å². The first-order valence-electron chi connectivity index (χ1n) is 10.3. The third kappa shape index (κ3) is 4.62. The van der Waals surface area contributed by atoms with Gasteiger partial charge >= 0.3 is 5.69 Å². The Kier molecular flexibility index (Phi) is 6.47. The fraction of sp³-hybridized carbons (Fsp3) is 0.400. The molecule has 1 aliphatic rings. The molecule has 1 aliphatic heterocycles. The number of aromatic nitrogens is 3. The molecule has 33 heavy (non-hydrogen) atoms. The second-order valence-electron chi connectivity index (χ2n) is 8.00. The van der Waals surface area contributed by atoms with Crippen molar-refractivity contribution in [3.8, 4) is 5.00 Å². The van der Waals surface area contributed by atoms with Gasteiger partial charge in [-0.15, -0.1) is 11.3 Å². The average Bonchev–Trinajstić information content (AvgIpc) is 3.42. The summed E-state index contributed by atoms with van der Waals surface area (Å²) in [5.74, 6) is 0.268. The Hall–Kier alpha value is -2.87. The molecule has 0 aliphatic carbocycles. The molecule has 1 unspecified atom stereocenters. The molecule has 1 fully saturated rings. The molecule has 1 saturated heterocycles. The molecule has 0 spiro atoms. The number of hydrogen-bond donors (Lipinski definition) is 0. The molecule has 3 heterocycles. The van der Waals surface area contributed by atoms with E-state index in [0.717, 1.165) is 0 Å². The molecule has 13 heteroatoms. The zero-order chi connectivity index (χ0) is 23.8. The van der Waals surface area contributed by atoms with Gasteiger partial charge in [0, 0.05) is 45.2 Å². The van der Waals surface area contributed by atoms with E-state index in [0.29, 0.717) is 35.8 Å². The van der Waals surface area contributed by atoms with E-state index < -0.39 is 15.1 Å². The molecule has 176 valence electrons. The zero-order valence-electron chi connectivity index (χ0n) is 18.2. The maximum Gasteiger partial charge on any atom is 0.351 e. The topological polar surface area (TPSA) is 124 Å². The van der Waals surface area contributed by atoms with E-state index in [1.165, 1.54) is 50.9 Å². The van der Waals surface area contributed by atoms with Crippen LogP contribution in [0.25, 0.3) is 5.00 Å². The summed E-state index contributed by atoms with van der Waals surface area (Å²) in [6.07, 6.45) is 1.37. The fourth-order valence-corrected chi connectivity index (χ4v) is 5.81. The highest BCUT2D eigenvalue weighted by Gasteiger charge is 2.34. The summed E-state index contributed by atoms with van der Waals surface area (Å²) in [7, 11) is -0.579. The van der Waals surface area contributed by atoms with Crippen molar-refractivity contribution < 1.29 is 13.3 Å². The van der Waals surface area contributed by atoms with Gasteiger partial charge in [-0.1, -0.05) is 12.1 Å². The Labute approximate surface area is 194 Å². The highest BCUT2D eigenvalue weighted by molar-refractivity contribution is 7.86. The van der Waals surface area contributed by atoms with Crippen LogP contribution in [0.2, 0.25) is 0 Å².